The number of aryl methyl sites for hydroxylation is 1. The van der Waals surface area contributed by atoms with Crippen molar-refractivity contribution in [2.24, 2.45) is 5.73 Å². The second-order valence-corrected chi connectivity index (χ2v) is 3.97. The van der Waals surface area contributed by atoms with Crippen molar-refractivity contribution < 1.29 is 9.21 Å². The lowest BCUT2D eigenvalue weighted by Crippen LogP contribution is -2.49. The molecule has 0 spiro atoms. The van der Waals surface area contributed by atoms with E-state index in [-0.39, 0.29) is 5.91 Å². The van der Waals surface area contributed by atoms with Gasteiger partial charge in [-0.1, -0.05) is 0 Å². The molecule has 78 valence electrons. The molecule has 2 N–H and O–H groups in total. The van der Waals surface area contributed by atoms with Crippen molar-refractivity contribution >= 4 is 11.8 Å². The zero-order chi connectivity index (χ0) is 10.9. The van der Waals surface area contributed by atoms with Gasteiger partial charge in [0.2, 0.25) is 11.8 Å². The van der Waals surface area contributed by atoms with Gasteiger partial charge in [0.25, 0.3) is 0 Å². The molecule has 1 aromatic rings. The maximum atomic E-state index is 11.7. The van der Waals surface area contributed by atoms with Crippen LogP contribution in [0.4, 0.5) is 5.88 Å². The average Bonchev–Trinajstić information content (AvgIpc) is 2.47. The smallest absolute Gasteiger partial charge is 0.248 e. The molecule has 0 unspecified atom stereocenters. The van der Waals surface area contributed by atoms with Crippen LogP contribution in [-0.2, 0) is 4.79 Å². The minimum atomic E-state index is -0.880. The van der Waals surface area contributed by atoms with Gasteiger partial charge in [-0.2, -0.15) is 0 Å². The highest BCUT2D eigenvalue weighted by Gasteiger charge is 2.27. The summed E-state index contributed by atoms with van der Waals surface area (Å²) in [5, 5.41) is 0. The van der Waals surface area contributed by atoms with Crippen LogP contribution in [0.1, 0.15) is 19.6 Å². The van der Waals surface area contributed by atoms with Gasteiger partial charge in [0.05, 0.1) is 5.54 Å². The number of carbonyl (C=O) groups excluding carboxylic acids is 1. The Bertz CT molecular complexity index is 336. The number of hydrogen-bond donors (Lipinski definition) is 1. The van der Waals surface area contributed by atoms with Gasteiger partial charge >= 0.3 is 0 Å². The zero-order valence-corrected chi connectivity index (χ0v) is 9.00. The largest absolute Gasteiger partial charge is 0.445 e. The number of amides is 1. The van der Waals surface area contributed by atoms with Crippen molar-refractivity contribution in [1.29, 1.82) is 0 Å². The fourth-order valence-electron chi connectivity index (χ4n) is 1.13. The molecule has 0 aliphatic heterocycles. The van der Waals surface area contributed by atoms with Crippen LogP contribution in [0.25, 0.3) is 0 Å². The minimum absolute atomic E-state index is 0.174. The molecule has 0 saturated heterocycles. The molecule has 0 fully saturated rings. The number of carbonyl (C=O) groups is 1. The minimum Gasteiger partial charge on any atom is -0.445 e. The third-order valence-corrected chi connectivity index (χ3v) is 1.91. The van der Waals surface area contributed by atoms with Crippen LogP contribution >= 0.6 is 0 Å². The molecule has 0 aliphatic carbocycles. The normalized spacial score (nSPS) is 11.5. The van der Waals surface area contributed by atoms with E-state index in [9.17, 15) is 4.79 Å². The van der Waals surface area contributed by atoms with Crippen LogP contribution in [0.5, 0.6) is 0 Å². The van der Waals surface area contributed by atoms with E-state index in [0.717, 1.165) is 5.76 Å². The number of nitrogens with two attached hydrogens (primary N) is 1. The molecule has 1 aromatic heterocycles. The Morgan fingerprint density at radius 1 is 1.50 bits per heavy atom. The van der Waals surface area contributed by atoms with Crippen molar-refractivity contribution in [3.05, 3.63) is 17.9 Å². The number of anilines is 1. The number of furan rings is 1. The molecule has 0 aliphatic rings. The molecule has 1 amide bonds. The van der Waals surface area contributed by atoms with E-state index in [2.05, 4.69) is 0 Å². The van der Waals surface area contributed by atoms with Crippen molar-refractivity contribution in [2.45, 2.75) is 26.3 Å². The molecule has 0 radical (unpaired) electrons. The fraction of sp³-hybridized carbons (Fsp3) is 0.500. The molecule has 1 heterocycles. The van der Waals surface area contributed by atoms with Gasteiger partial charge < -0.3 is 10.2 Å². The molecule has 4 nitrogen and oxygen atoms in total. The van der Waals surface area contributed by atoms with E-state index < -0.39 is 5.54 Å². The first-order valence-electron chi connectivity index (χ1n) is 4.46. The number of nitrogens with zero attached hydrogens (tertiary/aromatic N) is 1. The van der Waals surface area contributed by atoms with Gasteiger partial charge in [-0.25, -0.2) is 0 Å². The second kappa shape index (κ2) is 3.46. The zero-order valence-electron chi connectivity index (χ0n) is 9.00. The topological polar surface area (TPSA) is 59.5 Å². The Hall–Kier alpha value is -1.29. The Balaban J connectivity index is 2.86. The predicted octanol–water partition coefficient (Wildman–Crippen LogP) is 1.29. The van der Waals surface area contributed by atoms with Crippen LogP contribution in [0.15, 0.2) is 16.5 Å². The first-order valence-corrected chi connectivity index (χ1v) is 4.46. The summed E-state index contributed by atoms with van der Waals surface area (Å²) in [5.74, 6) is 1.12. The first kappa shape index (κ1) is 10.8. The maximum Gasteiger partial charge on any atom is 0.248 e. The van der Waals surface area contributed by atoms with Gasteiger partial charge in [-0.3, -0.25) is 9.69 Å². The highest BCUT2D eigenvalue weighted by molar-refractivity contribution is 5.98. The van der Waals surface area contributed by atoms with Crippen LogP contribution < -0.4 is 10.6 Å². The van der Waals surface area contributed by atoms with Crippen LogP contribution in [-0.4, -0.2) is 18.5 Å². The summed E-state index contributed by atoms with van der Waals surface area (Å²) < 4.78 is 5.31. The van der Waals surface area contributed by atoms with Crippen molar-refractivity contribution in [3.8, 4) is 0 Å². The molecule has 0 bridgehead atoms. The highest BCUT2D eigenvalue weighted by Crippen LogP contribution is 2.18. The molecular weight excluding hydrogens is 180 g/mol. The van der Waals surface area contributed by atoms with Crippen LogP contribution in [0, 0.1) is 6.92 Å². The summed E-state index contributed by atoms with van der Waals surface area (Å²) in [6.07, 6.45) is 0. The van der Waals surface area contributed by atoms with Gasteiger partial charge in [0.1, 0.15) is 5.76 Å². The monoisotopic (exact) mass is 196 g/mol. The lowest BCUT2D eigenvalue weighted by molar-refractivity contribution is -0.122. The summed E-state index contributed by atoms with van der Waals surface area (Å²) in [7, 11) is 1.65. The third-order valence-electron chi connectivity index (χ3n) is 1.91. The summed E-state index contributed by atoms with van der Waals surface area (Å²) in [6, 6.07) is 3.56. The summed E-state index contributed by atoms with van der Waals surface area (Å²) >= 11 is 0. The lowest BCUT2D eigenvalue weighted by atomic mass is 10.1. The van der Waals surface area contributed by atoms with E-state index in [1.807, 2.05) is 13.0 Å². The molecule has 0 aromatic carbocycles. The van der Waals surface area contributed by atoms with Gasteiger partial charge in [-0.15, -0.1) is 0 Å². The van der Waals surface area contributed by atoms with Gasteiger partial charge in [-0.05, 0) is 26.8 Å². The van der Waals surface area contributed by atoms with Crippen molar-refractivity contribution in [2.75, 3.05) is 11.9 Å². The molecule has 4 heteroatoms. The van der Waals surface area contributed by atoms with E-state index in [0.29, 0.717) is 5.88 Å². The SMILES string of the molecule is Cc1ccc(N(C)C(=O)C(C)(C)N)o1. The van der Waals surface area contributed by atoms with E-state index in [1.165, 1.54) is 4.90 Å². The van der Waals surface area contributed by atoms with E-state index in [1.54, 1.807) is 27.0 Å². The van der Waals surface area contributed by atoms with Crippen molar-refractivity contribution in [1.82, 2.24) is 0 Å². The number of likely N-dealkylation sites (N-methyl/N-ethyl adjacent to an activating group) is 1. The molecule has 1 rings (SSSR count). The van der Waals surface area contributed by atoms with Crippen molar-refractivity contribution in [3.63, 3.8) is 0 Å². The Morgan fingerprint density at radius 2 is 2.07 bits per heavy atom. The maximum absolute atomic E-state index is 11.7. The lowest BCUT2D eigenvalue weighted by Gasteiger charge is -2.23. The summed E-state index contributed by atoms with van der Waals surface area (Å²) in [4.78, 5) is 13.1. The van der Waals surface area contributed by atoms with Gasteiger partial charge in [0.15, 0.2) is 0 Å². The van der Waals surface area contributed by atoms with Gasteiger partial charge in [0, 0.05) is 13.1 Å². The average molecular weight is 196 g/mol. The molecule has 14 heavy (non-hydrogen) atoms. The number of rotatable bonds is 2. The number of hydrogen-bond acceptors (Lipinski definition) is 3. The Morgan fingerprint density at radius 3 is 2.43 bits per heavy atom. The highest BCUT2D eigenvalue weighted by atomic mass is 16.4. The second-order valence-electron chi connectivity index (χ2n) is 3.97. The first-order chi connectivity index (χ1) is 6.32. The molecule has 0 atom stereocenters. The standard InChI is InChI=1S/C10H16N2O2/c1-7-5-6-8(14-7)12(4)9(13)10(2,3)11/h5-6H,11H2,1-4H3. The van der Waals surface area contributed by atoms with Crippen LogP contribution in [0.3, 0.4) is 0 Å². The summed E-state index contributed by atoms with van der Waals surface area (Å²) in [5.41, 5.74) is 4.81. The Kier molecular flexibility index (Phi) is 2.66. The van der Waals surface area contributed by atoms with E-state index in [4.69, 9.17) is 10.2 Å². The fourth-order valence-corrected chi connectivity index (χ4v) is 1.13. The molecule has 0 saturated carbocycles. The molecular formula is C10H16N2O2. The van der Waals surface area contributed by atoms with Crippen LogP contribution in [0.2, 0.25) is 0 Å². The summed E-state index contributed by atoms with van der Waals surface area (Å²) in [6.45, 7) is 5.17. The van der Waals surface area contributed by atoms with E-state index >= 15 is 0 Å². The Labute approximate surface area is 83.7 Å². The predicted molar refractivity (Wildman–Crippen MR) is 55.1 cm³/mol. The quantitative estimate of drug-likeness (QED) is 0.775. The third kappa shape index (κ3) is 2.14.